The third kappa shape index (κ3) is 3.09. The van der Waals surface area contributed by atoms with Crippen molar-refractivity contribution < 1.29 is 19.2 Å². The molecular weight excluding hydrogens is 360 g/mol. The lowest BCUT2D eigenvalue weighted by molar-refractivity contribution is -0.384. The molecule has 28 heavy (non-hydrogen) atoms. The van der Waals surface area contributed by atoms with E-state index in [2.05, 4.69) is 4.98 Å². The molecule has 0 unspecified atom stereocenters. The lowest BCUT2D eigenvalue weighted by Crippen LogP contribution is -2.09. The summed E-state index contributed by atoms with van der Waals surface area (Å²) in [6, 6.07) is 18.1. The summed E-state index contributed by atoms with van der Waals surface area (Å²) in [5.41, 5.74) is 1.59. The fourth-order valence-corrected chi connectivity index (χ4v) is 2.98. The highest BCUT2D eigenvalue weighted by atomic mass is 16.6. The summed E-state index contributed by atoms with van der Waals surface area (Å²) in [5, 5.41) is 12.2. The van der Waals surface area contributed by atoms with Crippen LogP contribution in [0.1, 0.15) is 10.4 Å². The normalized spacial score (nSPS) is 10.8. The zero-order chi connectivity index (χ0) is 19.7. The minimum absolute atomic E-state index is 0.0784. The number of nitro groups is 1. The van der Waals surface area contributed by atoms with Crippen LogP contribution < -0.4 is 9.47 Å². The van der Waals surface area contributed by atoms with Gasteiger partial charge in [-0.05, 0) is 36.4 Å². The zero-order valence-electron chi connectivity index (χ0n) is 14.8. The minimum atomic E-state index is -0.585. The number of hydrogen-bond acceptors (Lipinski definition) is 6. The molecule has 0 N–H and O–H groups in total. The van der Waals surface area contributed by atoms with Gasteiger partial charge < -0.3 is 9.47 Å². The van der Waals surface area contributed by atoms with E-state index >= 15 is 0 Å². The molecule has 4 aromatic rings. The van der Waals surface area contributed by atoms with Gasteiger partial charge in [0, 0.05) is 22.9 Å². The summed E-state index contributed by atoms with van der Waals surface area (Å²) in [4.78, 5) is 27.6. The summed E-state index contributed by atoms with van der Waals surface area (Å²) in [6.07, 6.45) is 0. The number of esters is 1. The average Bonchev–Trinajstić information content (AvgIpc) is 2.71. The van der Waals surface area contributed by atoms with Gasteiger partial charge in [-0.3, -0.25) is 10.1 Å². The van der Waals surface area contributed by atoms with Crippen LogP contribution >= 0.6 is 0 Å². The van der Waals surface area contributed by atoms with Crippen molar-refractivity contribution in [2.24, 2.45) is 0 Å². The van der Waals surface area contributed by atoms with E-state index in [1.54, 1.807) is 19.2 Å². The maximum absolute atomic E-state index is 12.8. The van der Waals surface area contributed by atoms with Gasteiger partial charge in [0.1, 0.15) is 17.0 Å². The Morgan fingerprint density at radius 1 is 1.04 bits per heavy atom. The van der Waals surface area contributed by atoms with E-state index < -0.39 is 10.9 Å². The maximum Gasteiger partial charge on any atom is 0.344 e. The van der Waals surface area contributed by atoms with Gasteiger partial charge in [0.25, 0.3) is 5.69 Å². The van der Waals surface area contributed by atoms with E-state index in [0.29, 0.717) is 22.2 Å². The molecule has 4 rings (SSSR count). The van der Waals surface area contributed by atoms with Crippen LogP contribution in [0.5, 0.6) is 11.5 Å². The predicted molar refractivity (Wildman–Crippen MR) is 104 cm³/mol. The number of carbonyl (C=O) groups is 1. The molecule has 0 amide bonds. The summed E-state index contributed by atoms with van der Waals surface area (Å²) < 4.78 is 10.8. The number of ether oxygens (including phenoxy) is 2. The lowest BCUT2D eigenvalue weighted by atomic mass is 10.0. The molecule has 0 bridgehead atoms. The number of non-ortho nitro benzene ring substituents is 1. The molecule has 0 radical (unpaired) electrons. The van der Waals surface area contributed by atoms with Crippen molar-refractivity contribution in [1.29, 1.82) is 0 Å². The van der Waals surface area contributed by atoms with Gasteiger partial charge in [-0.2, -0.15) is 0 Å². The Morgan fingerprint density at radius 3 is 2.50 bits per heavy atom. The van der Waals surface area contributed by atoms with Crippen molar-refractivity contribution in [1.82, 2.24) is 4.98 Å². The predicted octanol–water partition coefficient (Wildman–Crippen LogP) is 4.52. The first-order valence-corrected chi connectivity index (χ1v) is 8.40. The van der Waals surface area contributed by atoms with E-state index in [1.165, 1.54) is 24.3 Å². The first kappa shape index (κ1) is 17.4. The van der Waals surface area contributed by atoms with Crippen molar-refractivity contribution in [3.8, 4) is 11.5 Å². The molecule has 0 aliphatic rings. The first-order valence-electron chi connectivity index (χ1n) is 8.40. The van der Waals surface area contributed by atoms with E-state index in [9.17, 15) is 14.9 Å². The third-order valence-corrected chi connectivity index (χ3v) is 4.35. The first-order chi connectivity index (χ1) is 13.6. The molecule has 1 heterocycles. The molecule has 0 aliphatic heterocycles. The summed E-state index contributed by atoms with van der Waals surface area (Å²) >= 11 is 0. The number of nitrogens with zero attached hydrogens (tertiary/aromatic N) is 2. The van der Waals surface area contributed by atoms with Gasteiger partial charge in [-0.1, -0.05) is 18.2 Å². The second kappa shape index (κ2) is 6.96. The molecule has 0 spiro atoms. The van der Waals surface area contributed by atoms with Crippen molar-refractivity contribution in [3.63, 3.8) is 0 Å². The summed E-state index contributed by atoms with van der Waals surface area (Å²) in [6.45, 7) is 0. The van der Waals surface area contributed by atoms with Crippen LogP contribution in [-0.4, -0.2) is 23.0 Å². The van der Waals surface area contributed by atoms with Gasteiger partial charge in [-0.25, -0.2) is 9.78 Å². The number of fused-ring (bicyclic) bond motifs is 2. The monoisotopic (exact) mass is 374 g/mol. The third-order valence-electron chi connectivity index (χ3n) is 4.35. The number of para-hydroxylation sites is 1. The number of benzene rings is 3. The van der Waals surface area contributed by atoms with E-state index in [-0.39, 0.29) is 11.4 Å². The minimum Gasteiger partial charge on any atom is -0.494 e. The molecule has 0 saturated heterocycles. The molecule has 0 saturated carbocycles. The quantitative estimate of drug-likeness (QED) is 0.171. The SMILES string of the molecule is COc1ccc(C(=O)Oc2ccc([N+](=O)[O-])cc2)c2cc3ccccc3nc12. The molecule has 0 fully saturated rings. The molecule has 3 aromatic carbocycles. The van der Waals surface area contributed by atoms with Gasteiger partial charge in [0.2, 0.25) is 0 Å². The topological polar surface area (TPSA) is 91.6 Å². The van der Waals surface area contributed by atoms with Crippen LogP contribution in [0.15, 0.2) is 66.7 Å². The Balaban J connectivity index is 1.77. The van der Waals surface area contributed by atoms with Crippen LogP contribution in [0.4, 0.5) is 5.69 Å². The largest absolute Gasteiger partial charge is 0.494 e. The smallest absolute Gasteiger partial charge is 0.344 e. The number of nitro benzene ring substituents is 1. The van der Waals surface area contributed by atoms with E-state index in [0.717, 1.165) is 10.9 Å². The highest BCUT2D eigenvalue weighted by Crippen LogP contribution is 2.30. The van der Waals surface area contributed by atoms with Gasteiger partial charge in [0.05, 0.1) is 23.1 Å². The van der Waals surface area contributed by atoms with Crippen LogP contribution in [-0.2, 0) is 0 Å². The van der Waals surface area contributed by atoms with Crippen molar-refractivity contribution in [3.05, 3.63) is 82.4 Å². The Bertz CT molecular complexity index is 1220. The molecule has 138 valence electrons. The van der Waals surface area contributed by atoms with E-state index in [1.807, 2.05) is 30.3 Å². The van der Waals surface area contributed by atoms with Gasteiger partial charge in [-0.15, -0.1) is 0 Å². The number of hydrogen-bond donors (Lipinski definition) is 0. The van der Waals surface area contributed by atoms with Crippen molar-refractivity contribution >= 4 is 33.5 Å². The van der Waals surface area contributed by atoms with Crippen LogP contribution in [0.25, 0.3) is 21.8 Å². The molecule has 7 heteroatoms. The molecule has 0 atom stereocenters. The fourth-order valence-electron chi connectivity index (χ4n) is 2.98. The number of carbonyl (C=O) groups excluding carboxylic acids is 1. The molecule has 1 aromatic heterocycles. The van der Waals surface area contributed by atoms with Gasteiger partial charge >= 0.3 is 5.97 Å². The van der Waals surface area contributed by atoms with E-state index in [4.69, 9.17) is 9.47 Å². The Labute approximate surface area is 159 Å². The fraction of sp³-hybridized carbons (Fsp3) is 0.0476. The second-order valence-electron chi connectivity index (χ2n) is 6.03. The standard InChI is InChI=1S/C21H14N2O5/c1-27-19-11-10-16(17-12-13-4-2-3-5-18(13)22-20(17)19)21(24)28-15-8-6-14(7-9-15)23(25)26/h2-12H,1H3. The summed E-state index contributed by atoms with van der Waals surface area (Å²) in [7, 11) is 1.54. The van der Waals surface area contributed by atoms with Crippen molar-refractivity contribution in [2.75, 3.05) is 7.11 Å². The number of aromatic nitrogens is 1. The van der Waals surface area contributed by atoms with Gasteiger partial charge in [0.15, 0.2) is 0 Å². The van der Waals surface area contributed by atoms with Crippen LogP contribution in [0.2, 0.25) is 0 Å². The zero-order valence-corrected chi connectivity index (χ0v) is 14.8. The Hall–Kier alpha value is -4.00. The van der Waals surface area contributed by atoms with Crippen LogP contribution in [0, 0.1) is 10.1 Å². The number of pyridine rings is 1. The number of rotatable bonds is 4. The molecular formula is C21H14N2O5. The highest BCUT2D eigenvalue weighted by molar-refractivity contribution is 6.08. The summed E-state index contributed by atoms with van der Waals surface area (Å²) in [5.74, 6) is 0.180. The molecule has 7 nitrogen and oxygen atoms in total. The average molecular weight is 374 g/mol. The maximum atomic E-state index is 12.8. The lowest BCUT2D eigenvalue weighted by Gasteiger charge is -2.11. The highest BCUT2D eigenvalue weighted by Gasteiger charge is 2.17. The van der Waals surface area contributed by atoms with Crippen LogP contribution in [0.3, 0.4) is 0 Å². The Kier molecular flexibility index (Phi) is 4.33. The molecule has 0 aliphatic carbocycles. The number of methoxy groups -OCH3 is 1. The van der Waals surface area contributed by atoms with Crippen molar-refractivity contribution in [2.45, 2.75) is 0 Å². The second-order valence-corrected chi connectivity index (χ2v) is 6.03. The Morgan fingerprint density at radius 2 is 1.79 bits per heavy atom.